The van der Waals surface area contributed by atoms with Crippen molar-refractivity contribution in [2.75, 3.05) is 0 Å². The zero-order valence-corrected chi connectivity index (χ0v) is 13.0. The van der Waals surface area contributed by atoms with Gasteiger partial charge in [0.2, 0.25) is 5.91 Å². The number of aromatic nitrogens is 2. The maximum Gasteiger partial charge on any atom is 0.220 e. The van der Waals surface area contributed by atoms with Crippen molar-refractivity contribution in [1.82, 2.24) is 15.1 Å². The van der Waals surface area contributed by atoms with Crippen LogP contribution in [0.5, 0.6) is 0 Å². The summed E-state index contributed by atoms with van der Waals surface area (Å²) in [5.74, 6) is 0.137. The molecule has 1 fully saturated rings. The fourth-order valence-corrected chi connectivity index (χ4v) is 3.27. The van der Waals surface area contributed by atoms with Crippen molar-refractivity contribution in [2.24, 2.45) is 0 Å². The van der Waals surface area contributed by atoms with Gasteiger partial charge < -0.3 is 5.32 Å². The topological polar surface area (TPSA) is 46.9 Å². The van der Waals surface area contributed by atoms with Gasteiger partial charge in [-0.2, -0.15) is 5.10 Å². The summed E-state index contributed by atoms with van der Waals surface area (Å²) in [5, 5.41) is 7.75. The number of aryl methyl sites for hydroxylation is 3. The summed E-state index contributed by atoms with van der Waals surface area (Å²) in [6, 6.07) is 6.50. The number of benzene rings is 1. The Bertz CT molecular complexity index is 715. The average Bonchev–Trinajstić information content (AvgIpc) is 2.94. The molecule has 110 valence electrons. The van der Waals surface area contributed by atoms with Crippen molar-refractivity contribution in [1.29, 1.82) is 0 Å². The standard InChI is InChI=1S/C17H21N3O/c1-10-5-7-15(11(2)9-10)20-13(4)17(12(3)19-20)14-6-8-16(21)18-14/h5,7,9,14H,6,8H2,1-4H3,(H,18,21). The van der Waals surface area contributed by atoms with E-state index in [4.69, 9.17) is 5.10 Å². The molecule has 2 heterocycles. The molecule has 0 aliphatic carbocycles. The number of nitrogens with one attached hydrogen (secondary N) is 1. The Morgan fingerprint density at radius 1 is 1.24 bits per heavy atom. The lowest BCUT2D eigenvalue weighted by molar-refractivity contribution is -0.119. The predicted octanol–water partition coefficient (Wildman–Crippen LogP) is 3.06. The minimum Gasteiger partial charge on any atom is -0.349 e. The summed E-state index contributed by atoms with van der Waals surface area (Å²) >= 11 is 0. The van der Waals surface area contributed by atoms with Crippen molar-refractivity contribution in [3.63, 3.8) is 0 Å². The number of carbonyl (C=O) groups is 1. The Morgan fingerprint density at radius 2 is 2.00 bits per heavy atom. The number of carbonyl (C=O) groups excluding carboxylic acids is 1. The molecule has 2 aromatic rings. The lowest BCUT2D eigenvalue weighted by Crippen LogP contribution is -2.19. The SMILES string of the molecule is Cc1ccc(-n2nc(C)c(C3CCC(=O)N3)c2C)c(C)c1. The highest BCUT2D eigenvalue weighted by atomic mass is 16.1. The van der Waals surface area contributed by atoms with Gasteiger partial charge in [-0.25, -0.2) is 4.68 Å². The summed E-state index contributed by atoms with van der Waals surface area (Å²) < 4.78 is 2.00. The minimum atomic E-state index is 0.108. The van der Waals surface area contributed by atoms with Gasteiger partial charge in [0.1, 0.15) is 0 Å². The van der Waals surface area contributed by atoms with Crippen LogP contribution in [0.1, 0.15) is 47.0 Å². The first-order valence-electron chi connectivity index (χ1n) is 7.40. The molecule has 1 aliphatic rings. The predicted molar refractivity (Wildman–Crippen MR) is 82.6 cm³/mol. The van der Waals surface area contributed by atoms with E-state index in [0.717, 1.165) is 23.5 Å². The summed E-state index contributed by atoms with van der Waals surface area (Å²) in [5.41, 5.74) is 6.85. The molecule has 0 bridgehead atoms. The quantitative estimate of drug-likeness (QED) is 0.920. The van der Waals surface area contributed by atoms with E-state index < -0.39 is 0 Å². The molecule has 4 heteroatoms. The lowest BCUT2D eigenvalue weighted by atomic mass is 10.0. The van der Waals surface area contributed by atoms with Gasteiger partial charge >= 0.3 is 0 Å². The molecule has 3 rings (SSSR count). The number of hydrogen-bond acceptors (Lipinski definition) is 2. The zero-order valence-electron chi connectivity index (χ0n) is 13.0. The van der Waals surface area contributed by atoms with E-state index in [9.17, 15) is 4.79 Å². The van der Waals surface area contributed by atoms with Gasteiger partial charge in [-0.3, -0.25) is 4.79 Å². The van der Waals surface area contributed by atoms with Crippen LogP contribution in [0.15, 0.2) is 18.2 Å². The fraction of sp³-hybridized carbons (Fsp3) is 0.412. The van der Waals surface area contributed by atoms with E-state index in [1.807, 2.05) is 11.6 Å². The number of amides is 1. The van der Waals surface area contributed by atoms with Crippen molar-refractivity contribution < 1.29 is 4.79 Å². The van der Waals surface area contributed by atoms with Crippen LogP contribution in [-0.2, 0) is 4.79 Å². The second-order valence-electron chi connectivity index (χ2n) is 5.95. The molecular weight excluding hydrogens is 262 g/mol. The van der Waals surface area contributed by atoms with Gasteiger partial charge in [0.05, 0.1) is 17.4 Å². The van der Waals surface area contributed by atoms with Gasteiger partial charge in [0, 0.05) is 17.7 Å². The molecular formula is C17H21N3O. The molecule has 1 amide bonds. The lowest BCUT2D eigenvalue weighted by Gasteiger charge is -2.12. The second kappa shape index (κ2) is 5.02. The molecule has 1 unspecified atom stereocenters. The highest BCUT2D eigenvalue weighted by Gasteiger charge is 2.28. The monoisotopic (exact) mass is 283 g/mol. The Balaban J connectivity index is 2.07. The number of hydrogen-bond donors (Lipinski definition) is 1. The molecule has 0 radical (unpaired) electrons. The molecule has 1 aliphatic heterocycles. The van der Waals surface area contributed by atoms with Crippen LogP contribution >= 0.6 is 0 Å². The summed E-state index contributed by atoms with van der Waals surface area (Å²) in [7, 11) is 0. The molecule has 4 nitrogen and oxygen atoms in total. The van der Waals surface area contributed by atoms with E-state index in [-0.39, 0.29) is 11.9 Å². The summed E-state index contributed by atoms with van der Waals surface area (Å²) in [4.78, 5) is 11.5. The molecule has 1 aromatic heterocycles. The first kappa shape index (κ1) is 13.9. The molecule has 0 saturated carbocycles. The highest BCUT2D eigenvalue weighted by Crippen LogP contribution is 2.30. The Hall–Kier alpha value is -2.10. The fourth-order valence-electron chi connectivity index (χ4n) is 3.27. The molecule has 1 saturated heterocycles. The van der Waals surface area contributed by atoms with Crippen molar-refractivity contribution in [3.8, 4) is 5.69 Å². The van der Waals surface area contributed by atoms with Gasteiger partial charge in [0.15, 0.2) is 0 Å². The summed E-state index contributed by atoms with van der Waals surface area (Å²) in [6.07, 6.45) is 1.47. The van der Waals surface area contributed by atoms with Crippen LogP contribution in [-0.4, -0.2) is 15.7 Å². The van der Waals surface area contributed by atoms with Crippen molar-refractivity contribution >= 4 is 5.91 Å². The third-order valence-corrected chi connectivity index (χ3v) is 4.27. The smallest absolute Gasteiger partial charge is 0.220 e. The Morgan fingerprint density at radius 3 is 2.62 bits per heavy atom. The third-order valence-electron chi connectivity index (χ3n) is 4.27. The maximum atomic E-state index is 11.5. The molecule has 1 atom stereocenters. The van der Waals surface area contributed by atoms with E-state index in [2.05, 4.69) is 44.3 Å². The van der Waals surface area contributed by atoms with E-state index in [1.165, 1.54) is 16.7 Å². The number of nitrogens with zero attached hydrogens (tertiary/aromatic N) is 2. The molecule has 1 N–H and O–H groups in total. The van der Waals surface area contributed by atoms with E-state index in [0.29, 0.717) is 6.42 Å². The third kappa shape index (κ3) is 2.35. The maximum absolute atomic E-state index is 11.5. The Labute approximate surface area is 125 Å². The minimum absolute atomic E-state index is 0.108. The highest BCUT2D eigenvalue weighted by molar-refractivity contribution is 5.78. The van der Waals surface area contributed by atoms with Gasteiger partial charge in [-0.05, 0) is 45.7 Å². The average molecular weight is 283 g/mol. The molecule has 1 aromatic carbocycles. The van der Waals surface area contributed by atoms with Crippen LogP contribution in [0.25, 0.3) is 5.69 Å². The summed E-state index contributed by atoms with van der Waals surface area (Å²) in [6.45, 7) is 8.30. The van der Waals surface area contributed by atoms with Crippen LogP contribution in [0.3, 0.4) is 0 Å². The van der Waals surface area contributed by atoms with Crippen molar-refractivity contribution in [2.45, 2.75) is 46.6 Å². The van der Waals surface area contributed by atoms with Gasteiger partial charge in [-0.1, -0.05) is 17.7 Å². The van der Waals surface area contributed by atoms with Gasteiger partial charge in [-0.15, -0.1) is 0 Å². The molecule has 21 heavy (non-hydrogen) atoms. The Kier molecular flexibility index (Phi) is 3.32. The first-order chi connectivity index (χ1) is 9.97. The van der Waals surface area contributed by atoms with E-state index in [1.54, 1.807) is 0 Å². The van der Waals surface area contributed by atoms with Crippen LogP contribution in [0, 0.1) is 27.7 Å². The first-order valence-corrected chi connectivity index (χ1v) is 7.40. The van der Waals surface area contributed by atoms with Crippen molar-refractivity contribution in [3.05, 3.63) is 46.3 Å². The normalized spacial score (nSPS) is 18.1. The molecule has 0 spiro atoms. The largest absolute Gasteiger partial charge is 0.349 e. The van der Waals surface area contributed by atoms with Crippen LogP contribution < -0.4 is 5.32 Å². The van der Waals surface area contributed by atoms with Crippen LogP contribution in [0.4, 0.5) is 0 Å². The van der Waals surface area contributed by atoms with Crippen LogP contribution in [0.2, 0.25) is 0 Å². The zero-order chi connectivity index (χ0) is 15.1. The van der Waals surface area contributed by atoms with Gasteiger partial charge in [0.25, 0.3) is 0 Å². The second-order valence-corrected chi connectivity index (χ2v) is 5.95. The number of rotatable bonds is 2. The van der Waals surface area contributed by atoms with E-state index >= 15 is 0 Å².